The van der Waals surface area contributed by atoms with Gasteiger partial charge in [0.15, 0.2) is 6.61 Å². The smallest absolute Gasteiger partial charge is 0.400 e. The molecule has 6 nitrogen and oxygen atoms in total. The Morgan fingerprint density at radius 1 is 1.04 bits per heavy atom. The molecule has 118 valence electrons. The molecule has 0 bridgehead atoms. The molecule has 2 aromatic rings. The fraction of sp³-hybridized carbons (Fsp3) is 0.0667. The third kappa shape index (κ3) is 3.12. The highest BCUT2D eigenvalue weighted by atomic mass is 35.5. The maximum Gasteiger partial charge on any atom is 0.603 e. The Labute approximate surface area is 137 Å². The minimum Gasteiger partial charge on any atom is -0.400 e. The topological polar surface area (TPSA) is 89.5 Å². The molecule has 0 aliphatic carbocycles. The number of halogens is 1. The molecule has 8 heteroatoms. The molecular weight excluding hydrogens is 340 g/mol. The summed E-state index contributed by atoms with van der Waals surface area (Å²) in [5, 5.41) is 5.63. The van der Waals surface area contributed by atoms with Gasteiger partial charge in [-0.15, -0.1) is 0 Å². The van der Waals surface area contributed by atoms with Crippen LogP contribution >= 0.6 is 11.6 Å². The molecule has 1 heterocycles. The Balaban J connectivity index is 2.08. The van der Waals surface area contributed by atoms with E-state index >= 15 is 0 Å². The summed E-state index contributed by atoms with van der Waals surface area (Å²) in [6.07, 6.45) is -0.502. The maximum absolute atomic E-state index is 12.0. The van der Waals surface area contributed by atoms with Crippen molar-refractivity contribution in [3.8, 4) is 0 Å². The minimum atomic E-state index is -3.76. The second-order valence-corrected chi connectivity index (χ2v) is 6.88. The largest absolute Gasteiger partial charge is 0.603 e. The summed E-state index contributed by atoms with van der Waals surface area (Å²) in [7, 11) is -3.76. The van der Waals surface area contributed by atoms with Crippen LogP contribution in [-0.4, -0.2) is 31.4 Å². The van der Waals surface area contributed by atoms with Crippen LogP contribution in [0.3, 0.4) is 0 Å². The molecule has 0 fully saturated rings. The molecule has 2 N–H and O–H groups in total. The summed E-state index contributed by atoms with van der Waals surface area (Å²) < 4.78 is 29.1. The predicted octanol–water partition coefficient (Wildman–Crippen LogP) is 2.27. The van der Waals surface area contributed by atoms with E-state index in [-0.39, 0.29) is 11.5 Å². The molecule has 3 rings (SSSR count). The van der Waals surface area contributed by atoms with Gasteiger partial charge in [-0.1, -0.05) is 16.2 Å². The summed E-state index contributed by atoms with van der Waals surface area (Å²) in [5.74, 6) is 0. The minimum absolute atomic E-state index is 0.00475. The zero-order chi connectivity index (χ0) is 16.6. The van der Waals surface area contributed by atoms with E-state index < -0.39 is 16.1 Å². The molecule has 0 radical (unpaired) electrons. The standard InChI is InChI=1S/C15H12ClN2O4S/c16-11-3-5-12(6-4-11)18-14(9-22-15(18)19)10-1-7-13(8-2-10)23(17,20)21/h1-8H,9H2,(H2,17,20,21)/q+1. The van der Waals surface area contributed by atoms with Crippen molar-refractivity contribution >= 4 is 39.1 Å². The van der Waals surface area contributed by atoms with Crippen molar-refractivity contribution in [1.82, 2.24) is 0 Å². The maximum atomic E-state index is 12.0. The Morgan fingerprint density at radius 2 is 1.65 bits per heavy atom. The highest BCUT2D eigenvalue weighted by Gasteiger charge is 2.36. The second kappa shape index (κ2) is 5.77. The van der Waals surface area contributed by atoms with Crippen LogP contribution in [0.1, 0.15) is 5.56 Å². The molecule has 0 saturated carbocycles. The molecule has 1 aliphatic heterocycles. The van der Waals surface area contributed by atoms with Crippen molar-refractivity contribution < 1.29 is 22.5 Å². The van der Waals surface area contributed by atoms with Crippen LogP contribution in [0.5, 0.6) is 0 Å². The van der Waals surface area contributed by atoms with Crippen molar-refractivity contribution in [1.29, 1.82) is 0 Å². The Hall–Kier alpha value is -2.22. The van der Waals surface area contributed by atoms with Gasteiger partial charge in [0.25, 0.3) is 0 Å². The average Bonchev–Trinajstić information content (AvgIpc) is 2.89. The lowest BCUT2D eigenvalue weighted by Gasteiger charge is -2.00. The highest BCUT2D eigenvalue weighted by molar-refractivity contribution is 7.89. The summed E-state index contributed by atoms with van der Waals surface area (Å²) >= 11 is 5.86. The van der Waals surface area contributed by atoms with Crippen LogP contribution in [0.2, 0.25) is 5.02 Å². The number of ether oxygens (including phenoxy) is 1. The fourth-order valence-electron chi connectivity index (χ4n) is 2.27. The van der Waals surface area contributed by atoms with Crippen LogP contribution in [0.25, 0.3) is 0 Å². The second-order valence-electron chi connectivity index (χ2n) is 4.88. The molecular formula is C15H12ClN2O4S+. The number of benzene rings is 2. The molecule has 0 saturated heterocycles. The number of amides is 1. The summed E-state index contributed by atoms with van der Waals surface area (Å²) in [6.45, 7) is 0.0934. The van der Waals surface area contributed by atoms with E-state index in [4.69, 9.17) is 21.5 Å². The third-order valence-corrected chi connectivity index (χ3v) is 4.57. The highest BCUT2D eigenvalue weighted by Crippen LogP contribution is 2.22. The first-order valence-corrected chi connectivity index (χ1v) is 8.50. The van der Waals surface area contributed by atoms with Gasteiger partial charge in [-0.2, -0.15) is 4.79 Å². The normalized spacial score (nSPS) is 15.0. The van der Waals surface area contributed by atoms with E-state index in [2.05, 4.69) is 0 Å². The third-order valence-electron chi connectivity index (χ3n) is 3.39. The van der Waals surface area contributed by atoms with E-state index in [1.807, 2.05) is 0 Å². The van der Waals surface area contributed by atoms with Crippen LogP contribution in [0.15, 0.2) is 53.4 Å². The van der Waals surface area contributed by atoms with E-state index in [9.17, 15) is 13.2 Å². The first kappa shape index (κ1) is 15.7. The van der Waals surface area contributed by atoms with E-state index in [0.29, 0.717) is 22.0 Å². The Bertz CT molecular complexity index is 903. The molecule has 0 spiro atoms. The van der Waals surface area contributed by atoms with Crippen LogP contribution < -0.4 is 5.14 Å². The van der Waals surface area contributed by atoms with E-state index in [0.717, 1.165) is 0 Å². The lowest BCUT2D eigenvalue weighted by molar-refractivity contribution is -0.339. The van der Waals surface area contributed by atoms with Gasteiger partial charge in [-0.25, -0.2) is 13.6 Å². The van der Waals surface area contributed by atoms with Crippen LogP contribution in [0.4, 0.5) is 10.5 Å². The zero-order valence-electron chi connectivity index (χ0n) is 11.8. The van der Waals surface area contributed by atoms with Crippen molar-refractivity contribution in [3.05, 3.63) is 59.1 Å². The first-order valence-electron chi connectivity index (χ1n) is 6.58. The quantitative estimate of drug-likeness (QED) is 0.859. The molecule has 2 aromatic carbocycles. The monoisotopic (exact) mass is 351 g/mol. The summed E-state index contributed by atoms with van der Waals surface area (Å²) in [6, 6.07) is 12.7. The number of cyclic esters (lactones) is 1. The van der Waals surface area contributed by atoms with Crippen molar-refractivity contribution in [2.75, 3.05) is 6.61 Å². The van der Waals surface area contributed by atoms with Crippen molar-refractivity contribution in [3.63, 3.8) is 0 Å². The number of sulfonamides is 1. The van der Waals surface area contributed by atoms with Gasteiger partial charge in [0.05, 0.1) is 4.90 Å². The molecule has 23 heavy (non-hydrogen) atoms. The number of hydrogen-bond acceptors (Lipinski definition) is 4. The lowest BCUT2D eigenvalue weighted by Crippen LogP contribution is -2.16. The number of primary sulfonamides is 1. The van der Waals surface area contributed by atoms with Gasteiger partial charge in [0.2, 0.25) is 21.4 Å². The molecule has 0 unspecified atom stereocenters. The van der Waals surface area contributed by atoms with Gasteiger partial charge < -0.3 is 4.74 Å². The molecule has 0 atom stereocenters. The predicted molar refractivity (Wildman–Crippen MR) is 84.6 cm³/mol. The number of carbonyl (C=O) groups excluding carboxylic acids is 1. The Kier molecular flexibility index (Phi) is 3.93. The number of hydrogen-bond donors (Lipinski definition) is 1. The van der Waals surface area contributed by atoms with Crippen LogP contribution in [0, 0.1) is 0 Å². The Morgan fingerprint density at radius 3 is 2.22 bits per heavy atom. The van der Waals surface area contributed by atoms with Gasteiger partial charge in [0, 0.05) is 22.7 Å². The number of nitrogens with two attached hydrogens (primary N) is 1. The number of nitrogens with zero attached hydrogens (tertiary/aromatic N) is 1. The number of rotatable bonds is 3. The molecule has 0 aromatic heterocycles. The molecule has 1 amide bonds. The zero-order valence-corrected chi connectivity index (χ0v) is 13.3. The van der Waals surface area contributed by atoms with Crippen LogP contribution in [-0.2, 0) is 14.8 Å². The van der Waals surface area contributed by atoms with Crippen molar-refractivity contribution in [2.24, 2.45) is 5.14 Å². The first-order chi connectivity index (χ1) is 10.9. The number of carbonyl (C=O) groups is 1. The van der Waals surface area contributed by atoms with Gasteiger partial charge >= 0.3 is 6.09 Å². The molecule has 1 aliphatic rings. The van der Waals surface area contributed by atoms with Gasteiger partial charge in [0.1, 0.15) is 0 Å². The fourth-order valence-corrected chi connectivity index (χ4v) is 2.91. The lowest BCUT2D eigenvalue weighted by atomic mass is 10.1. The van der Waals surface area contributed by atoms with Crippen molar-refractivity contribution in [2.45, 2.75) is 4.90 Å². The summed E-state index contributed by atoms with van der Waals surface area (Å²) in [5.41, 5.74) is 1.89. The van der Waals surface area contributed by atoms with Gasteiger partial charge in [-0.05, 0) is 36.4 Å². The van der Waals surface area contributed by atoms with Gasteiger partial charge in [-0.3, -0.25) is 0 Å². The summed E-state index contributed by atoms with van der Waals surface area (Å²) in [4.78, 5) is 12.0. The van der Waals surface area contributed by atoms with E-state index in [1.165, 1.54) is 16.7 Å². The SMILES string of the molecule is NS(=O)(=O)c1ccc(C2=[N+](c3ccc(Cl)cc3)C(=O)OC2)cc1. The van der Waals surface area contributed by atoms with E-state index in [1.54, 1.807) is 36.4 Å². The average molecular weight is 352 g/mol.